The number of amides is 1. The molecule has 31 heavy (non-hydrogen) atoms. The van der Waals surface area contributed by atoms with Gasteiger partial charge >= 0.3 is 0 Å². The Kier molecular flexibility index (Phi) is 7.05. The average molecular weight is 415 g/mol. The van der Waals surface area contributed by atoms with Crippen LogP contribution in [0.2, 0.25) is 0 Å². The van der Waals surface area contributed by atoms with E-state index in [-0.39, 0.29) is 11.9 Å². The predicted molar refractivity (Wildman–Crippen MR) is 123 cm³/mol. The summed E-state index contributed by atoms with van der Waals surface area (Å²) >= 11 is 0. The fraction of sp³-hybridized carbons (Fsp3) is 0.346. The van der Waals surface area contributed by atoms with Gasteiger partial charge in [0.1, 0.15) is 5.82 Å². The van der Waals surface area contributed by atoms with Crippen LogP contribution in [0.1, 0.15) is 58.3 Å². The number of piperidine rings is 1. The van der Waals surface area contributed by atoms with Crippen LogP contribution in [0.3, 0.4) is 0 Å². The van der Waals surface area contributed by atoms with E-state index in [0.29, 0.717) is 17.9 Å². The van der Waals surface area contributed by atoms with E-state index < -0.39 is 0 Å². The summed E-state index contributed by atoms with van der Waals surface area (Å²) in [6.07, 6.45) is 6.05. The van der Waals surface area contributed by atoms with E-state index in [1.807, 2.05) is 37.3 Å². The van der Waals surface area contributed by atoms with Gasteiger partial charge in [-0.05, 0) is 43.9 Å². The van der Waals surface area contributed by atoms with Crippen molar-refractivity contribution in [2.24, 2.45) is 0 Å². The van der Waals surface area contributed by atoms with Crippen molar-refractivity contribution in [2.75, 3.05) is 13.1 Å². The molecule has 1 aromatic heterocycles. The minimum absolute atomic E-state index is 0.104. The molecule has 1 atom stereocenters. The Morgan fingerprint density at radius 1 is 1.03 bits per heavy atom. The predicted octanol–water partition coefficient (Wildman–Crippen LogP) is 4.48. The van der Waals surface area contributed by atoms with Crippen LogP contribution in [0.15, 0.2) is 66.9 Å². The molecule has 0 bridgehead atoms. The molecule has 0 unspecified atom stereocenters. The van der Waals surface area contributed by atoms with Gasteiger partial charge in [-0.15, -0.1) is 0 Å². The molecule has 4 rings (SSSR count). The number of carbonyl (C=O) groups is 1. The Bertz CT molecular complexity index is 991. The molecule has 160 valence electrons. The van der Waals surface area contributed by atoms with Gasteiger partial charge in [0.05, 0.1) is 17.3 Å². The normalized spacial score (nSPS) is 16.7. The first-order valence-electron chi connectivity index (χ1n) is 11.1. The lowest BCUT2D eigenvalue weighted by Crippen LogP contribution is -2.37. The molecular formula is C26H30N4O. The van der Waals surface area contributed by atoms with Crippen LogP contribution in [0.25, 0.3) is 0 Å². The van der Waals surface area contributed by atoms with Crippen LogP contribution >= 0.6 is 0 Å². The molecule has 1 fully saturated rings. The summed E-state index contributed by atoms with van der Waals surface area (Å²) in [5.41, 5.74) is 3.88. The van der Waals surface area contributed by atoms with Crippen molar-refractivity contribution in [3.8, 4) is 0 Å². The lowest BCUT2D eigenvalue weighted by atomic mass is 9.95. The molecule has 0 spiro atoms. The van der Waals surface area contributed by atoms with Crippen molar-refractivity contribution >= 4 is 5.91 Å². The van der Waals surface area contributed by atoms with Gasteiger partial charge in [-0.3, -0.25) is 9.69 Å². The highest BCUT2D eigenvalue weighted by Crippen LogP contribution is 2.31. The van der Waals surface area contributed by atoms with Crippen LogP contribution in [0, 0.1) is 6.92 Å². The topological polar surface area (TPSA) is 58.1 Å². The van der Waals surface area contributed by atoms with Gasteiger partial charge in [0.15, 0.2) is 0 Å². The Balaban J connectivity index is 1.52. The van der Waals surface area contributed by atoms with Crippen LogP contribution in [0.5, 0.6) is 0 Å². The number of aryl methyl sites for hydroxylation is 1. The summed E-state index contributed by atoms with van der Waals surface area (Å²) < 4.78 is 0. The molecule has 3 aromatic rings. The zero-order valence-electron chi connectivity index (χ0n) is 18.1. The minimum atomic E-state index is -0.104. The van der Waals surface area contributed by atoms with Gasteiger partial charge in [-0.25, -0.2) is 9.97 Å². The van der Waals surface area contributed by atoms with Gasteiger partial charge in [0.2, 0.25) is 0 Å². The molecule has 1 saturated heterocycles. The molecule has 2 aromatic carbocycles. The van der Waals surface area contributed by atoms with Crippen molar-refractivity contribution in [3.05, 3.63) is 95.1 Å². The first kappa shape index (κ1) is 21.2. The zero-order chi connectivity index (χ0) is 21.5. The summed E-state index contributed by atoms with van der Waals surface area (Å²) in [5.74, 6) is 0.607. The largest absolute Gasteiger partial charge is 0.348 e. The summed E-state index contributed by atoms with van der Waals surface area (Å²) in [6.45, 7) is 4.39. The molecule has 0 aliphatic carbocycles. The van der Waals surface area contributed by atoms with Crippen LogP contribution < -0.4 is 5.32 Å². The van der Waals surface area contributed by atoms with Crippen molar-refractivity contribution < 1.29 is 4.79 Å². The van der Waals surface area contributed by atoms with Gasteiger partial charge < -0.3 is 5.32 Å². The number of carbonyl (C=O) groups excluding carboxylic acids is 1. The number of hydrogen-bond acceptors (Lipinski definition) is 4. The van der Waals surface area contributed by atoms with E-state index in [2.05, 4.69) is 45.5 Å². The maximum Gasteiger partial charge on any atom is 0.255 e. The van der Waals surface area contributed by atoms with Crippen molar-refractivity contribution in [1.29, 1.82) is 0 Å². The van der Waals surface area contributed by atoms with E-state index >= 15 is 0 Å². The second-order valence-corrected chi connectivity index (χ2v) is 8.17. The molecule has 1 aliphatic rings. The van der Waals surface area contributed by atoms with Crippen LogP contribution in [-0.4, -0.2) is 33.9 Å². The van der Waals surface area contributed by atoms with Crippen LogP contribution in [0.4, 0.5) is 0 Å². The lowest BCUT2D eigenvalue weighted by molar-refractivity contribution is 0.0940. The number of likely N-dealkylation sites (tertiary alicyclic amines) is 1. The lowest BCUT2D eigenvalue weighted by Gasteiger charge is -2.36. The van der Waals surface area contributed by atoms with Crippen LogP contribution in [-0.2, 0) is 13.0 Å². The Morgan fingerprint density at radius 2 is 1.74 bits per heavy atom. The molecular weight excluding hydrogens is 384 g/mol. The Labute approximate surface area is 184 Å². The van der Waals surface area contributed by atoms with Gasteiger partial charge in [-0.1, -0.05) is 67.1 Å². The molecule has 0 saturated carbocycles. The summed E-state index contributed by atoms with van der Waals surface area (Å²) in [6, 6.07) is 20.7. The van der Waals surface area contributed by atoms with Crippen molar-refractivity contribution in [1.82, 2.24) is 20.2 Å². The number of rotatable bonds is 7. The maximum absolute atomic E-state index is 13.1. The smallest absolute Gasteiger partial charge is 0.255 e. The fourth-order valence-corrected chi connectivity index (χ4v) is 4.28. The van der Waals surface area contributed by atoms with E-state index in [0.717, 1.165) is 43.6 Å². The highest BCUT2D eigenvalue weighted by molar-refractivity contribution is 5.95. The first-order valence-corrected chi connectivity index (χ1v) is 11.1. The number of benzene rings is 2. The highest BCUT2D eigenvalue weighted by atomic mass is 16.1. The average Bonchev–Trinajstić information content (AvgIpc) is 2.82. The highest BCUT2D eigenvalue weighted by Gasteiger charge is 2.29. The Hall–Kier alpha value is -3.05. The Morgan fingerprint density at radius 3 is 2.48 bits per heavy atom. The first-order chi connectivity index (χ1) is 15.2. The van der Waals surface area contributed by atoms with Crippen molar-refractivity contribution in [2.45, 2.75) is 45.2 Å². The third-order valence-electron chi connectivity index (χ3n) is 5.94. The van der Waals surface area contributed by atoms with E-state index in [4.69, 9.17) is 4.98 Å². The molecule has 1 aliphatic heterocycles. The van der Waals surface area contributed by atoms with E-state index in [9.17, 15) is 4.79 Å². The van der Waals surface area contributed by atoms with E-state index in [1.54, 1.807) is 6.20 Å². The molecule has 0 radical (unpaired) electrons. The second kappa shape index (κ2) is 10.3. The third-order valence-corrected chi connectivity index (χ3v) is 5.94. The molecule has 5 nitrogen and oxygen atoms in total. The molecule has 5 heteroatoms. The van der Waals surface area contributed by atoms with Gasteiger partial charge in [0.25, 0.3) is 5.91 Å². The molecule has 2 heterocycles. The minimum Gasteiger partial charge on any atom is -0.348 e. The van der Waals surface area contributed by atoms with E-state index in [1.165, 1.54) is 12.0 Å². The van der Waals surface area contributed by atoms with Gasteiger partial charge in [-0.2, -0.15) is 0 Å². The summed E-state index contributed by atoms with van der Waals surface area (Å²) in [4.78, 5) is 24.7. The molecule has 1 N–H and O–H groups in total. The van der Waals surface area contributed by atoms with Gasteiger partial charge in [0, 0.05) is 19.3 Å². The fourth-order valence-electron chi connectivity index (χ4n) is 4.28. The molecule has 1 amide bonds. The quantitative estimate of drug-likeness (QED) is 0.619. The maximum atomic E-state index is 13.1. The van der Waals surface area contributed by atoms with Crippen molar-refractivity contribution in [3.63, 3.8) is 0 Å². The summed E-state index contributed by atoms with van der Waals surface area (Å²) in [5, 5.41) is 3.05. The number of nitrogens with zero attached hydrogens (tertiary/aromatic N) is 3. The second-order valence-electron chi connectivity index (χ2n) is 8.17. The monoisotopic (exact) mass is 414 g/mol. The standard InChI is InChI=1S/C26H30N4O/c1-20-27-19-23(26(31)28-18-22-12-6-3-7-13-22)25(29-20)24-14-8-9-16-30(24)17-15-21-10-4-2-5-11-21/h2-7,10-13,19,24H,8-9,14-18H2,1H3,(H,28,31)/t24-/m0/s1. The SMILES string of the molecule is Cc1ncc(C(=O)NCc2ccccc2)c([C@@H]2CCCCN2CCc2ccccc2)n1. The third kappa shape index (κ3) is 5.56. The number of nitrogens with one attached hydrogen (secondary N) is 1. The summed E-state index contributed by atoms with van der Waals surface area (Å²) in [7, 11) is 0. The zero-order valence-corrected chi connectivity index (χ0v) is 18.1. The number of hydrogen-bond donors (Lipinski definition) is 1. The number of aromatic nitrogens is 2.